The molecule has 3 aliphatic carbocycles. The Kier molecular flexibility index (Phi) is 1.96. The Bertz CT molecular complexity index is 543. The normalized spacial score (nSPS) is 14.2. The highest BCUT2D eigenvalue weighted by molar-refractivity contribution is 6.09. The first-order chi connectivity index (χ1) is 7.81. The zero-order valence-electron chi connectivity index (χ0n) is 9.12. The Labute approximate surface area is 94.2 Å². The van der Waals surface area contributed by atoms with Crippen molar-refractivity contribution in [3.05, 3.63) is 41.5 Å². The molecule has 0 spiro atoms. The zero-order chi connectivity index (χ0) is 11.1. The van der Waals surface area contributed by atoms with E-state index in [0.717, 1.165) is 28.9 Å². The van der Waals surface area contributed by atoms with Crippen molar-refractivity contribution in [1.29, 1.82) is 0 Å². The Morgan fingerprint density at radius 1 is 1.12 bits per heavy atom. The zero-order valence-corrected chi connectivity index (χ0v) is 9.12. The van der Waals surface area contributed by atoms with Crippen molar-refractivity contribution in [3.8, 4) is 16.9 Å². The van der Waals surface area contributed by atoms with Crippen LogP contribution in [0.15, 0.2) is 30.3 Å². The van der Waals surface area contributed by atoms with Gasteiger partial charge in [0.05, 0.1) is 7.11 Å². The van der Waals surface area contributed by atoms with Crippen LogP contribution in [-0.4, -0.2) is 12.9 Å². The van der Waals surface area contributed by atoms with Crippen molar-refractivity contribution < 1.29 is 9.53 Å². The molecule has 0 fully saturated rings. The third-order valence-corrected chi connectivity index (χ3v) is 3.19. The number of ether oxygens (including phenoxy) is 1. The second-order valence-electron chi connectivity index (χ2n) is 4.08. The van der Waals surface area contributed by atoms with E-state index in [1.807, 2.05) is 24.3 Å². The summed E-state index contributed by atoms with van der Waals surface area (Å²) in [7, 11) is 1.65. The molecule has 0 aliphatic heterocycles. The molecule has 16 heavy (non-hydrogen) atoms. The van der Waals surface area contributed by atoms with E-state index in [9.17, 15) is 4.79 Å². The highest BCUT2D eigenvalue weighted by Gasteiger charge is 2.28. The minimum Gasteiger partial charge on any atom is -0.496 e. The van der Waals surface area contributed by atoms with Gasteiger partial charge in [0, 0.05) is 17.5 Å². The topological polar surface area (TPSA) is 26.3 Å². The van der Waals surface area contributed by atoms with E-state index in [-0.39, 0.29) is 5.78 Å². The number of carbonyl (C=O) groups excluding carboxylic acids is 1. The largest absolute Gasteiger partial charge is 0.496 e. The Balaban J connectivity index is 2.39. The average Bonchev–Trinajstić information content (AvgIpc) is 2.74. The van der Waals surface area contributed by atoms with Crippen LogP contribution < -0.4 is 4.74 Å². The molecule has 0 aromatic carbocycles. The maximum absolute atomic E-state index is 11.9. The van der Waals surface area contributed by atoms with Gasteiger partial charge < -0.3 is 4.74 Å². The molecule has 0 saturated heterocycles. The van der Waals surface area contributed by atoms with Gasteiger partial charge in [-0.3, -0.25) is 4.79 Å². The third-order valence-electron chi connectivity index (χ3n) is 3.19. The van der Waals surface area contributed by atoms with E-state index in [0.29, 0.717) is 6.42 Å². The fraction of sp³-hybridized carbons (Fsp3) is 0.214. The van der Waals surface area contributed by atoms with Crippen LogP contribution in [0.3, 0.4) is 0 Å². The van der Waals surface area contributed by atoms with E-state index in [2.05, 4.69) is 6.07 Å². The van der Waals surface area contributed by atoms with E-state index < -0.39 is 0 Å². The summed E-state index contributed by atoms with van der Waals surface area (Å²) in [6.45, 7) is 0. The summed E-state index contributed by atoms with van der Waals surface area (Å²) in [5, 5.41) is 0. The minimum atomic E-state index is 0.245. The Morgan fingerprint density at radius 2 is 1.94 bits per heavy atom. The van der Waals surface area contributed by atoms with Crippen LogP contribution in [0, 0.1) is 0 Å². The van der Waals surface area contributed by atoms with Crippen molar-refractivity contribution >= 4 is 5.78 Å². The lowest BCUT2D eigenvalue weighted by atomic mass is 10.1. The number of Topliss-reactive ketones (excluding diaryl/α,β-unsaturated/α-hetero) is 1. The average molecular weight is 212 g/mol. The van der Waals surface area contributed by atoms with Crippen molar-refractivity contribution in [3.63, 3.8) is 0 Å². The molecule has 0 aromatic heterocycles. The molecule has 0 unspecified atom stereocenters. The number of carbonyl (C=O) groups is 1. The van der Waals surface area contributed by atoms with Crippen LogP contribution in [0.25, 0.3) is 11.1 Å². The first-order valence-corrected chi connectivity index (χ1v) is 5.43. The monoisotopic (exact) mass is 212 g/mol. The molecule has 0 N–H and O–H groups in total. The quantitative estimate of drug-likeness (QED) is 0.726. The summed E-state index contributed by atoms with van der Waals surface area (Å²) in [5.41, 5.74) is 4.12. The number of fused-ring (bicyclic) bond motifs is 3. The van der Waals surface area contributed by atoms with Crippen LogP contribution in [0.4, 0.5) is 0 Å². The van der Waals surface area contributed by atoms with Gasteiger partial charge in [0.25, 0.3) is 0 Å². The number of hydrogen-bond acceptors (Lipinski definition) is 2. The maximum Gasteiger partial charge on any atom is 0.164 e. The first-order valence-electron chi connectivity index (χ1n) is 5.43. The minimum absolute atomic E-state index is 0.245. The highest BCUT2D eigenvalue weighted by atomic mass is 16.5. The molecular formula is C14H12O2. The molecule has 0 aromatic rings. The fourth-order valence-electron chi connectivity index (χ4n) is 2.48. The highest BCUT2D eigenvalue weighted by Crippen LogP contribution is 2.41. The van der Waals surface area contributed by atoms with Crippen LogP contribution in [-0.2, 0) is 6.42 Å². The molecule has 80 valence electrons. The van der Waals surface area contributed by atoms with Gasteiger partial charge in [-0.05, 0) is 23.6 Å². The number of rotatable bonds is 1. The second kappa shape index (κ2) is 3.34. The van der Waals surface area contributed by atoms with Crippen LogP contribution in [0.1, 0.15) is 22.3 Å². The van der Waals surface area contributed by atoms with Gasteiger partial charge in [-0.1, -0.05) is 24.3 Å². The lowest BCUT2D eigenvalue weighted by molar-refractivity contribution is 0.0995. The summed E-state index contributed by atoms with van der Waals surface area (Å²) in [6, 6.07) is 9.96. The lowest BCUT2D eigenvalue weighted by Crippen LogP contribution is -1.93. The molecule has 0 radical (unpaired) electrons. The van der Waals surface area contributed by atoms with E-state index >= 15 is 0 Å². The lowest BCUT2D eigenvalue weighted by Gasteiger charge is -2.04. The Hall–Kier alpha value is -1.83. The summed E-state index contributed by atoms with van der Waals surface area (Å²) in [6.07, 6.45) is 1.51. The molecule has 0 heterocycles. The van der Waals surface area contributed by atoms with Gasteiger partial charge in [-0.15, -0.1) is 0 Å². The summed E-state index contributed by atoms with van der Waals surface area (Å²) in [5.74, 6) is 1.03. The second-order valence-corrected chi connectivity index (χ2v) is 4.08. The van der Waals surface area contributed by atoms with E-state index in [1.165, 1.54) is 5.56 Å². The van der Waals surface area contributed by atoms with Gasteiger partial charge in [-0.25, -0.2) is 0 Å². The fourth-order valence-corrected chi connectivity index (χ4v) is 2.48. The predicted octanol–water partition coefficient (Wildman–Crippen LogP) is 2.93. The van der Waals surface area contributed by atoms with Crippen LogP contribution >= 0.6 is 0 Å². The third kappa shape index (κ3) is 1.16. The molecule has 2 nitrogen and oxygen atoms in total. The number of hydrogen-bond donors (Lipinski definition) is 0. The molecule has 0 amide bonds. The van der Waals surface area contributed by atoms with Crippen molar-refractivity contribution in [1.82, 2.24) is 0 Å². The molecule has 0 saturated carbocycles. The van der Waals surface area contributed by atoms with Crippen LogP contribution in [0.2, 0.25) is 0 Å². The predicted molar refractivity (Wildman–Crippen MR) is 62.3 cm³/mol. The van der Waals surface area contributed by atoms with Crippen molar-refractivity contribution in [2.45, 2.75) is 12.8 Å². The Morgan fingerprint density at radius 3 is 2.75 bits per heavy atom. The van der Waals surface area contributed by atoms with Gasteiger partial charge in [0.2, 0.25) is 0 Å². The molecule has 3 rings (SSSR count). The van der Waals surface area contributed by atoms with Crippen LogP contribution in [0.5, 0.6) is 5.75 Å². The van der Waals surface area contributed by atoms with Gasteiger partial charge in [0.15, 0.2) is 5.78 Å². The van der Waals surface area contributed by atoms with Gasteiger partial charge >= 0.3 is 0 Å². The first kappa shape index (κ1) is 9.40. The van der Waals surface area contributed by atoms with E-state index in [4.69, 9.17) is 4.74 Å². The summed E-state index contributed by atoms with van der Waals surface area (Å²) >= 11 is 0. The molecule has 2 heteroatoms. The molecular weight excluding hydrogens is 200 g/mol. The van der Waals surface area contributed by atoms with Crippen molar-refractivity contribution in [2.24, 2.45) is 0 Å². The van der Waals surface area contributed by atoms with Gasteiger partial charge in [0.1, 0.15) is 5.75 Å². The SMILES string of the molecule is COc1ccccc2cc3c(c1-2)C(=O)CC3. The molecule has 0 atom stereocenters. The number of methoxy groups -OCH3 is 1. The van der Waals surface area contributed by atoms with Crippen molar-refractivity contribution in [2.75, 3.05) is 7.11 Å². The summed E-state index contributed by atoms with van der Waals surface area (Å²) < 4.78 is 5.37. The maximum atomic E-state index is 11.9. The molecule has 3 aliphatic rings. The standard InChI is InChI=1S/C14H12O2/c1-16-12-5-3-2-4-9-8-10-6-7-11(15)13(10)14(9)12/h2-5,8H,6-7H2,1H3. The summed E-state index contributed by atoms with van der Waals surface area (Å²) in [4.78, 5) is 11.9. The molecule has 0 bridgehead atoms. The number of ketones is 1. The van der Waals surface area contributed by atoms with Gasteiger partial charge in [-0.2, -0.15) is 0 Å². The number of aryl methyl sites for hydroxylation is 1. The smallest absolute Gasteiger partial charge is 0.164 e. The van der Waals surface area contributed by atoms with E-state index in [1.54, 1.807) is 7.11 Å².